The van der Waals surface area contributed by atoms with Gasteiger partial charge < -0.3 is 14.8 Å². The van der Waals surface area contributed by atoms with Gasteiger partial charge in [0.1, 0.15) is 0 Å². The number of hydrogen-bond donors (Lipinski definition) is 2. The Morgan fingerprint density at radius 3 is 2.65 bits per heavy atom. The van der Waals surface area contributed by atoms with Gasteiger partial charge in [-0.1, -0.05) is 6.07 Å². The maximum Gasteiger partial charge on any atom is 0.251 e. The number of carbonyl (C=O) groups is 1. The topological polar surface area (TPSA) is 47.6 Å². The van der Waals surface area contributed by atoms with Crippen molar-refractivity contribution in [3.05, 3.63) is 53.6 Å². The summed E-state index contributed by atoms with van der Waals surface area (Å²) in [5.74, 6) is 1.34. The highest BCUT2D eigenvalue weighted by molar-refractivity contribution is 7.80. The van der Waals surface area contributed by atoms with E-state index in [2.05, 4.69) is 17.9 Å². The van der Waals surface area contributed by atoms with Crippen molar-refractivity contribution >= 4 is 18.5 Å². The zero-order valence-electron chi connectivity index (χ0n) is 10.6. The first-order chi connectivity index (χ1) is 9.72. The number of thiol groups is 1. The summed E-state index contributed by atoms with van der Waals surface area (Å²) in [5, 5.41) is 2.87. The SMILES string of the molecule is O=C(NCc1ccc2c(c1)OCO2)c1ccc(S)cc1. The number of ether oxygens (including phenoxy) is 2. The summed E-state index contributed by atoms with van der Waals surface area (Å²) < 4.78 is 10.5. The van der Waals surface area contributed by atoms with E-state index in [1.807, 2.05) is 18.2 Å². The molecular formula is C15H13NO3S. The Morgan fingerprint density at radius 2 is 1.85 bits per heavy atom. The first-order valence-electron chi connectivity index (χ1n) is 6.18. The van der Waals surface area contributed by atoms with Gasteiger partial charge in [0.25, 0.3) is 5.91 Å². The maximum absolute atomic E-state index is 12.0. The van der Waals surface area contributed by atoms with Crippen molar-refractivity contribution < 1.29 is 14.3 Å². The molecule has 5 heteroatoms. The van der Waals surface area contributed by atoms with Crippen LogP contribution in [-0.4, -0.2) is 12.7 Å². The van der Waals surface area contributed by atoms with Gasteiger partial charge in [-0.05, 0) is 42.0 Å². The van der Waals surface area contributed by atoms with Crippen LogP contribution >= 0.6 is 12.6 Å². The summed E-state index contributed by atoms with van der Waals surface area (Å²) >= 11 is 4.19. The summed E-state index contributed by atoms with van der Waals surface area (Å²) in [7, 11) is 0. The smallest absolute Gasteiger partial charge is 0.251 e. The summed E-state index contributed by atoms with van der Waals surface area (Å²) in [6.45, 7) is 0.694. The van der Waals surface area contributed by atoms with Crippen molar-refractivity contribution in [2.45, 2.75) is 11.4 Å². The minimum atomic E-state index is -0.115. The van der Waals surface area contributed by atoms with Crippen molar-refractivity contribution in [3.63, 3.8) is 0 Å². The largest absolute Gasteiger partial charge is 0.454 e. The van der Waals surface area contributed by atoms with Gasteiger partial charge in [0.2, 0.25) is 6.79 Å². The molecule has 1 N–H and O–H groups in total. The molecule has 1 aliphatic rings. The molecule has 0 saturated heterocycles. The molecule has 0 aliphatic carbocycles. The number of benzene rings is 2. The van der Waals surface area contributed by atoms with E-state index in [1.165, 1.54) is 0 Å². The Labute approximate surface area is 122 Å². The average Bonchev–Trinajstić information content (AvgIpc) is 2.93. The molecule has 20 heavy (non-hydrogen) atoms. The highest BCUT2D eigenvalue weighted by atomic mass is 32.1. The summed E-state index contributed by atoms with van der Waals surface area (Å²) in [6, 6.07) is 12.7. The van der Waals surface area contributed by atoms with Gasteiger partial charge in [0, 0.05) is 17.0 Å². The Hall–Kier alpha value is -2.14. The third-order valence-electron chi connectivity index (χ3n) is 3.02. The molecule has 0 bridgehead atoms. The minimum Gasteiger partial charge on any atom is -0.454 e. The Balaban J connectivity index is 1.64. The highest BCUT2D eigenvalue weighted by Gasteiger charge is 2.13. The maximum atomic E-state index is 12.0. The Bertz CT molecular complexity index is 640. The van der Waals surface area contributed by atoms with Crippen LogP contribution in [0.15, 0.2) is 47.4 Å². The lowest BCUT2D eigenvalue weighted by Gasteiger charge is -2.06. The molecule has 102 valence electrons. The molecule has 0 unspecified atom stereocenters. The molecular weight excluding hydrogens is 274 g/mol. The molecule has 1 heterocycles. The molecule has 1 amide bonds. The third kappa shape index (κ3) is 2.72. The van der Waals surface area contributed by atoms with Crippen LogP contribution in [0.4, 0.5) is 0 Å². The monoisotopic (exact) mass is 287 g/mol. The van der Waals surface area contributed by atoms with E-state index in [9.17, 15) is 4.79 Å². The van der Waals surface area contributed by atoms with Crippen LogP contribution in [0, 0.1) is 0 Å². The zero-order valence-corrected chi connectivity index (χ0v) is 11.5. The normalized spacial score (nSPS) is 12.2. The van der Waals surface area contributed by atoms with E-state index in [-0.39, 0.29) is 12.7 Å². The van der Waals surface area contributed by atoms with Crippen molar-refractivity contribution in [1.82, 2.24) is 5.32 Å². The quantitative estimate of drug-likeness (QED) is 0.853. The molecule has 0 atom stereocenters. The minimum absolute atomic E-state index is 0.115. The number of nitrogens with one attached hydrogen (secondary N) is 1. The fourth-order valence-corrected chi connectivity index (χ4v) is 2.10. The van der Waals surface area contributed by atoms with E-state index in [0.717, 1.165) is 22.0 Å². The van der Waals surface area contributed by atoms with E-state index in [4.69, 9.17) is 9.47 Å². The predicted octanol–water partition coefficient (Wildman–Crippen LogP) is 2.63. The predicted molar refractivity (Wildman–Crippen MR) is 77.4 cm³/mol. The van der Waals surface area contributed by atoms with Gasteiger partial charge in [-0.25, -0.2) is 0 Å². The zero-order chi connectivity index (χ0) is 13.9. The molecule has 0 radical (unpaired) electrons. The van der Waals surface area contributed by atoms with Gasteiger partial charge in [-0.3, -0.25) is 4.79 Å². The average molecular weight is 287 g/mol. The molecule has 0 saturated carbocycles. The number of amides is 1. The van der Waals surface area contributed by atoms with E-state index < -0.39 is 0 Å². The molecule has 0 aromatic heterocycles. The van der Waals surface area contributed by atoms with Gasteiger partial charge in [-0.15, -0.1) is 12.6 Å². The molecule has 4 nitrogen and oxygen atoms in total. The van der Waals surface area contributed by atoms with Crippen molar-refractivity contribution in [2.75, 3.05) is 6.79 Å². The van der Waals surface area contributed by atoms with Gasteiger partial charge in [0.05, 0.1) is 0 Å². The third-order valence-corrected chi connectivity index (χ3v) is 3.32. The lowest BCUT2D eigenvalue weighted by molar-refractivity contribution is 0.0951. The first kappa shape index (κ1) is 12.9. The molecule has 2 aromatic carbocycles. The highest BCUT2D eigenvalue weighted by Crippen LogP contribution is 2.32. The van der Waals surface area contributed by atoms with Crippen molar-refractivity contribution in [2.24, 2.45) is 0 Å². The molecule has 0 spiro atoms. The van der Waals surface area contributed by atoms with Gasteiger partial charge in [-0.2, -0.15) is 0 Å². The molecule has 2 aromatic rings. The second-order valence-corrected chi connectivity index (χ2v) is 4.93. The fourth-order valence-electron chi connectivity index (χ4n) is 1.95. The van der Waals surface area contributed by atoms with E-state index in [0.29, 0.717) is 12.1 Å². The van der Waals surface area contributed by atoms with Crippen LogP contribution in [-0.2, 0) is 6.54 Å². The van der Waals surface area contributed by atoms with Crippen LogP contribution in [0.3, 0.4) is 0 Å². The first-order valence-corrected chi connectivity index (χ1v) is 6.63. The van der Waals surface area contributed by atoms with Crippen LogP contribution in [0.5, 0.6) is 11.5 Å². The summed E-state index contributed by atoms with van der Waals surface area (Å²) in [4.78, 5) is 12.8. The molecule has 3 rings (SSSR count). The van der Waals surface area contributed by atoms with Crippen LogP contribution in [0.25, 0.3) is 0 Å². The van der Waals surface area contributed by atoms with Crippen LogP contribution < -0.4 is 14.8 Å². The summed E-state index contributed by atoms with van der Waals surface area (Å²) in [5.41, 5.74) is 1.58. The summed E-state index contributed by atoms with van der Waals surface area (Å²) in [6.07, 6.45) is 0. The number of rotatable bonds is 3. The molecule has 0 fully saturated rings. The lowest BCUT2D eigenvalue weighted by atomic mass is 10.2. The Kier molecular flexibility index (Phi) is 3.52. The lowest BCUT2D eigenvalue weighted by Crippen LogP contribution is -2.22. The van der Waals surface area contributed by atoms with E-state index in [1.54, 1.807) is 24.3 Å². The molecule has 1 aliphatic heterocycles. The van der Waals surface area contributed by atoms with Crippen molar-refractivity contribution in [1.29, 1.82) is 0 Å². The van der Waals surface area contributed by atoms with Gasteiger partial charge in [0.15, 0.2) is 11.5 Å². The fraction of sp³-hybridized carbons (Fsp3) is 0.133. The van der Waals surface area contributed by atoms with Crippen LogP contribution in [0.2, 0.25) is 0 Å². The second-order valence-electron chi connectivity index (χ2n) is 4.42. The number of carbonyl (C=O) groups excluding carboxylic acids is 1. The van der Waals surface area contributed by atoms with Gasteiger partial charge >= 0.3 is 0 Å². The Morgan fingerprint density at radius 1 is 1.10 bits per heavy atom. The second kappa shape index (κ2) is 5.46. The standard InChI is InChI=1S/C15H13NO3S/c17-15(11-2-4-12(20)5-3-11)16-8-10-1-6-13-14(7-10)19-9-18-13/h1-7,20H,8-9H2,(H,16,17). The van der Waals surface area contributed by atoms with Crippen molar-refractivity contribution in [3.8, 4) is 11.5 Å². The van der Waals surface area contributed by atoms with Crippen LogP contribution in [0.1, 0.15) is 15.9 Å². The van der Waals surface area contributed by atoms with E-state index >= 15 is 0 Å². The number of hydrogen-bond acceptors (Lipinski definition) is 4. The number of fused-ring (bicyclic) bond motifs is 1.